The highest BCUT2D eigenvalue weighted by Gasteiger charge is 2.30. The van der Waals surface area contributed by atoms with Gasteiger partial charge in [-0.3, -0.25) is 4.79 Å². The molecular weight excluding hydrogens is 298 g/mol. The fraction of sp³-hybridized carbons (Fsp3) is 0.615. The second-order valence-corrected chi connectivity index (χ2v) is 7.81. The maximum absolute atomic E-state index is 12.6. The number of thiophene rings is 1. The molecule has 0 N–H and O–H groups in total. The van der Waals surface area contributed by atoms with Gasteiger partial charge in [0.2, 0.25) is 0 Å². The average Bonchev–Trinajstić information content (AvgIpc) is 2.85. The average molecular weight is 319 g/mol. The fourth-order valence-corrected chi connectivity index (χ4v) is 4.69. The summed E-state index contributed by atoms with van der Waals surface area (Å²) in [6, 6.07) is 3.09. The predicted octanol–water partition coefficient (Wildman–Crippen LogP) is 2.27. The van der Waals surface area contributed by atoms with Crippen molar-refractivity contribution >= 4 is 27.3 Å². The van der Waals surface area contributed by atoms with Gasteiger partial charge in [0.05, 0.1) is 6.61 Å². The Kier molecular flexibility index (Phi) is 6.16. The van der Waals surface area contributed by atoms with E-state index in [9.17, 15) is 13.2 Å². The maximum Gasteiger partial charge on any atom is 0.321 e. The Bertz CT molecular complexity index is 548. The number of sulfonamides is 1. The molecule has 0 atom stereocenters. The van der Waals surface area contributed by atoms with Crippen molar-refractivity contribution < 1.29 is 17.9 Å². The Balaban J connectivity index is 3.03. The first kappa shape index (κ1) is 17.1. The van der Waals surface area contributed by atoms with Crippen LogP contribution in [0, 0.1) is 0 Å². The molecule has 0 radical (unpaired) electrons. The van der Waals surface area contributed by atoms with Crippen molar-refractivity contribution in [2.45, 2.75) is 44.4 Å². The standard InChI is InChI=1S/C13H21NO4S2/c1-5-11-7-8-13(19-11)20(16,17)14(10(3)4)9-12(15)18-6-2/h7-8,10H,5-6,9H2,1-4H3. The minimum Gasteiger partial charge on any atom is -0.465 e. The van der Waals surface area contributed by atoms with E-state index in [0.717, 1.165) is 11.3 Å². The Morgan fingerprint density at radius 3 is 2.45 bits per heavy atom. The Labute approximate surface area is 124 Å². The molecular formula is C13H21NO4S2. The van der Waals surface area contributed by atoms with E-state index in [4.69, 9.17) is 4.74 Å². The summed E-state index contributed by atoms with van der Waals surface area (Å²) >= 11 is 1.24. The first-order valence-corrected chi connectivity index (χ1v) is 8.84. The van der Waals surface area contributed by atoms with Crippen LogP contribution in [0.2, 0.25) is 0 Å². The van der Waals surface area contributed by atoms with Crippen molar-refractivity contribution in [1.29, 1.82) is 0 Å². The number of rotatable bonds is 7. The quantitative estimate of drug-likeness (QED) is 0.723. The van der Waals surface area contributed by atoms with E-state index in [1.54, 1.807) is 32.9 Å². The van der Waals surface area contributed by atoms with Crippen molar-refractivity contribution in [3.63, 3.8) is 0 Å². The van der Waals surface area contributed by atoms with E-state index in [1.165, 1.54) is 15.6 Å². The highest BCUT2D eigenvalue weighted by Crippen LogP contribution is 2.26. The molecule has 7 heteroatoms. The van der Waals surface area contributed by atoms with Gasteiger partial charge in [-0.05, 0) is 39.3 Å². The summed E-state index contributed by atoms with van der Waals surface area (Å²) in [5.74, 6) is -0.531. The lowest BCUT2D eigenvalue weighted by molar-refractivity contribution is -0.143. The topological polar surface area (TPSA) is 63.7 Å². The van der Waals surface area contributed by atoms with Crippen LogP contribution in [0.4, 0.5) is 0 Å². The van der Waals surface area contributed by atoms with E-state index < -0.39 is 16.0 Å². The predicted molar refractivity (Wildman–Crippen MR) is 79.4 cm³/mol. The van der Waals surface area contributed by atoms with E-state index in [-0.39, 0.29) is 23.4 Å². The first-order valence-electron chi connectivity index (χ1n) is 6.59. The highest BCUT2D eigenvalue weighted by molar-refractivity contribution is 7.91. The number of hydrogen-bond donors (Lipinski definition) is 0. The molecule has 20 heavy (non-hydrogen) atoms. The van der Waals surface area contributed by atoms with Gasteiger partial charge < -0.3 is 4.74 Å². The Hall–Kier alpha value is -0.920. The van der Waals surface area contributed by atoms with Crippen LogP contribution < -0.4 is 0 Å². The van der Waals surface area contributed by atoms with Crippen LogP contribution in [0.5, 0.6) is 0 Å². The largest absolute Gasteiger partial charge is 0.465 e. The van der Waals surface area contributed by atoms with Crippen molar-refractivity contribution in [3.8, 4) is 0 Å². The minimum absolute atomic E-state index is 0.240. The molecule has 0 amide bonds. The van der Waals surface area contributed by atoms with Crippen LogP contribution in [0.1, 0.15) is 32.6 Å². The van der Waals surface area contributed by atoms with Crippen LogP contribution in [-0.2, 0) is 26.0 Å². The molecule has 0 aromatic carbocycles. The molecule has 5 nitrogen and oxygen atoms in total. The zero-order chi connectivity index (χ0) is 15.3. The molecule has 1 aromatic heterocycles. The Morgan fingerprint density at radius 1 is 1.35 bits per heavy atom. The zero-order valence-electron chi connectivity index (χ0n) is 12.3. The van der Waals surface area contributed by atoms with Crippen molar-refractivity contribution in [2.75, 3.05) is 13.2 Å². The first-order chi connectivity index (χ1) is 9.32. The van der Waals surface area contributed by atoms with Crippen LogP contribution in [0.15, 0.2) is 16.3 Å². The Morgan fingerprint density at radius 2 is 2.00 bits per heavy atom. The third-order valence-corrected chi connectivity index (χ3v) is 6.43. The van der Waals surface area contributed by atoms with Gasteiger partial charge in [0, 0.05) is 10.9 Å². The van der Waals surface area contributed by atoms with E-state index in [1.807, 2.05) is 6.92 Å². The van der Waals surface area contributed by atoms with Gasteiger partial charge >= 0.3 is 5.97 Å². The fourth-order valence-electron chi connectivity index (χ4n) is 1.68. The molecule has 0 spiro atoms. The van der Waals surface area contributed by atoms with Gasteiger partial charge in [0.1, 0.15) is 10.8 Å². The molecule has 114 valence electrons. The summed E-state index contributed by atoms with van der Waals surface area (Å²) in [6.45, 7) is 7.13. The summed E-state index contributed by atoms with van der Waals surface area (Å²) in [7, 11) is -3.65. The lowest BCUT2D eigenvalue weighted by Gasteiger charge is -2.24. The number of esters is 1. The summed E-state index contributed by atoms with van der Waals surface area (Å²) < 4.78 is 31.4. The molecule has 0 aliphatic carbocycles. The van der Waals surface area contributed by atoms with Gasteiger partial charge in [0.15, 0.2) is 0 Å². The molecule has 1 rings (SSSR count). The monoisotopic (exact) mass is 319 g/mol. The zero-order valence-corrected chi connectivity index (χ0v) is 13.9. The second-order valence-electron chi connectivity index (χ2n) is 4.52. The van der Waals surface area contributed by atoms with Gasteiger partial charge in [-0.1, -0.05) is 6.92 Å². The number of ether oxygens (including phenoxy) is 1. The molecule has 0 aliphatic heterocycles. The maximum atomic E-state index is 12.6. The third kappa shape index (κ3) is 4.04. The molecule has 0 aliphatic rings. The summed E-state index contributed by atoms with van der Waals surface area (Å²) in [5, 5.41) is 0. The van der Waals surface area contributed by atoms with Crippen molar-refractivity contribution in [3.05, 3.63) is 17.0 Å². The minimum atomic E-state index is -3.65. The van der Waals surface area contributed by atoms with Crippen LogP contribution in [0.25, 0.3) is 0 Å². The van der Waals surface area contributed by atoms with Gasteiger partial charge in [-0.25, -0.2) is 8.42 Å². The normalized spacial score (nSPS) is 12.1. The van der Waals surface area contributed by atoms with E-state index in [2.05, 4.69) is 0 Å². The number of carbonyl (C=O) groups is 1. The van der Waals surface area contributed by atoms with Gasteiger partial charge in [-0.15, -0.1) is 11.3 Å². The highest BCUT2D eigenvalue weighted by atomic mass is 32.2. The number of carbonyl (C=O) groups excluding carboxylic acids is 1. The van der Waals surface area contributed by atoms with Gasteiger partial charge in [-0.2, -0.15) is 4.31 Å². The lowest BCUT2D eigenvalue weighted by Crippen LogP contribution is -2.40. The second kappa shape index (κ2) is 7.19. The third-order valence-electron chi connectivity index (χ3n) is 2.71. The molecule has 1 aromatic rings. The van der Waals surface area contributed by atoms with E-state index in [0.29, 0.717) is 0 Å². The molecule has 0 saturated carbocycles. The smallest absolute Gasteiger partial charge is 0.321 e. The molecule has 0 bridgehead atoms. The number of hydrogen-bond acceptors (Lipinski definition) is 5. The molecule has 1 heterocycles. The van der Waals surface area contributed by atoms with Crippen molar-refractivity contribution in [2.24, 2.45) is 0 Å². The van der Waals surface area contributed by atoms with E-state index >= 15 is 0 Å². The molecule has 0 saturated heterocycles. The molecule has 0 fully saturated rings. The summed E-state index contributed by atoms with van der Waals surface area (Å²) in [6.07, 6.45) is 0.791. The summed E-state index contributed by atoms with van der Waals surface area (Å²) in [5.41, 5.74) is 0. The van der Waals surface area contributed by atoms with Crippen LogP contribution in [0.3, 0.4) is 0 Å². The lowest BCUT2D eigenvalue weighted by atomic mass is 10.4. The summed E-state index contributed by atoms with van der Waals surface area (Å²) in [4.78, 5) is 12.6. The van der Waals surface area contributed by atoms with Crippen LogP contribution in [-0.4, -0.2) is 37.9 Å². The SMILES string of the molecule is CCOC(=O)CN(C(C)C)S(=O)(=O)c1ccc(CC)s1. The number of nitrogens with zero attached hydrogens (tertiary/aromatic N) is 1. The van der Waals surface area contributed by atoms with Crippen LogP contribution >= 0.6 is 11.3 Å². The number of aryl methyl sites for hydroxylation is 1. The molecule has 0 unspecified atom stereocenters. The van der Waals surface area contributed by atoms with Gasteiger partial charge in [0.25, 0.3) is 10.0 Å². The van der Waals surface area contributed by atoms with Crippen molar-refractivity contribution in [1.82, 2.24) is 4.31 Å².